The zero-order valence-corrected chi connectivity index (χ0v) is 20.1. The average molecular weight is 490 g/mol. The summed E-state index contributed by atoms with van der Waals surface area (Å²) in [5, 5.41) is 25.5. The van der Waals surface area contributed by atoms with Gasteiger partial charge in [0.2, 0.25) is 5.91 Å². The molecule has 1 saturated heterocycles. The van der Waals surface area contributed by atoms with Crippen LogP contribution in [0.25, 0.3) is 0 Å². The average Bonchev–Trinajstić information content (AvgIpc) is 2.79. The van der Waals surface area contributed by atoms with Gasteiger partial charge >= 0.3 is 0 Å². The predicted octanol–water partition coefficient (Wildman–Crippen LogP) is 0.619. The Labute approximate surface area is 203 Å². The number of aromatic hydroxyl groups is 2. The Morgan fingerprint density at radius 3 is 1.83 bits per heavy atom. The van der Waals surface area contributed by atoms with Crippen LogP contribution in [0.2, 0.25) is 0 Å². The van der Waals surface area contributed by atoms with E-state index in [9.17, 15) is 19.8 Å². The monoisotopic (exact) mass is 489 g/mol. The van der Waals surface area contributed by atoms with Gasteiger partial charge in [0.25, 0.3) is 5.91 Å². The molecule has 1 heterocycles. The van der Waals surface area contributed by atoms with Crippen LogP contribution in [-0.4, -0.2) is 91.9 Å². The normalized spacial score (nSPS) is 15.3. The zero-order chi connectivity index (χ0) is 25.8. The molecular formula is C23H33N6O6+. The number of hydrogen-bond acceptors (Lipinski definition) is 9. The number of rotatable bonds is 8. The maximum Gasteiger partial charge on any atom is 0.279 e. The van der Waals surface area contributed by atoms with Crippen LogP contribution < -0.4 is 31.6 Å². The van der Waals surface area contributed by atoms with Gasteiger partial charge in [-0.25, -0.2) is 0 Å². The number of likely N-dealkylation sites (N-methyl/N-ethyl adjacent to an activating group) is 1. The van der Waals surface area contributed by atoms with Crippen molar-refractivity contribution in [3.63, 3.8) is 0 Å². The summed E-state index contributed by atoms with van der Waals surface area (Å²) < 4.78 is 10.7. The van der Waals surface area contributed by atoms with Crippen molar-refractivity contribution in [2.24, 2.45) is 0 Å². The third kappa shape index (κ3) is 6.37. The van der Waals surface area contributed by atoms with Gasteiger partial charge in [0.1, 0.15) is 23.0 Å². The van der Waals surface area contributed by atoms with Crippen LogP contribution >= 0.6 is 0 Å². The van der Waals surface area contributed by atoms with Gasteiger partial charge in [-0.3, -0.25) is 14.5 Å². The molecule has 0 atom stereocenters. The third-order valence-electron chi connectivity index (χ3n) is 6.05. The molecule has 2 amide bonds. The highest BCUT2D eigenvalue weighted by atomic mass is 16.5. The van der Waals surface area contributed by atoms with Gasteiger partial charge in [-0.05, 0) is 0 Å². The van der Waals surface area contributed by atoms with Crippen LogP contribution in [0.1, 0.15) is 0 Å². The summed E-state index contributed by atoms with van der Waals surface area (Å²) in [6, 6.07) is 5.60. The van der Waals surface area contributed by atoms with Gasteiger partial charge in [-0.1, -0.05) is 0 Å². The molecule has 2 aromatic carbocycles. The fourth-order valence-electron chi connectivity index (χ4n) is 3.96. The summed E-state index contributed by atoms with van der Waals surface area (Å²) in [5.74, 6) is -0.109. The van der Waals surface area contributed by atoms with Crippen LogP contribution in [0.3, 0.4) is 0 Å². The van der Waals surface area contributed by atoms with Gasteiger partial charge in [-0.2, -0.15) is 0 Å². The van der Waals surface area contributed by atoms with Crippen molar-refractivity contribution in [3.05, 3.63) is 24.3 Å². The van der Waals surface area contributed by atoms with Crippen molar-refractivity contribution in [2.45, 2.75) is 0 Å². The van der Waals surface area contributed by atoms with Crippen LogP contribution in [0, 0.1) is 0 Å². The van der Waals surface area contributed by atoms with Crippen molar-refractivity contribution in [3.8, 4) is 23.0 Å². The lowest BCUT2D eigenvalue weighted by Gasteiger charge is -2.41. The standard InChI is InChI=1S/C23H32N6O6/c1-29(13-23(33)27-17-11-21(35-3)15(25)9-19(17)31)6-4-28(5-7-29)12-22(32)26-16-10-20(34-2)14(24)8-18(16)30/h8-11H,4-7,12-13,24-25H2,1-3H3,(H3-,26,27,30,31,32,33)/p+1. The van der Waals surface area contributed by atoms with Gasteiger partial charge < -0.3 is 46.3 Å². The molecular weight excluding hydrogens is 456 g/mol. The lowest BCUT2D eigenvalue weighted by Crippen LogP contribution is -2.60. The van der Waals surface area contributed by atoms with Crippen molar-refractivity contribution in [1.29, 1.82) is 0 Å². The number of methoxy groups -OCH3 is 2. The Hall–Kier alpha value is -3.90. The maximum absolute atomic E-state index is 12.7. The summed E-state index contributed by atoms with van der Waals surface area (Å²) in [5.41, 5.74) is 12.5. The Kier molecular flexibility index (Phi) is 7.77. The van der Waals surface area contributed by atoms with E-state index in [4.69, 9.17) is 20.9 Å². The van der Waals surface area contributed by atoms with Crippen molar-refractivity contribution < 1.29 is 33.8 Å². The van der Waals surface area contributed by atoms with E-state index >= 15 is 0 Å². The van der Waals surface area contributed by atoms with E-state index in [1.165, 1.54) is 38.5 Å². The van der Waals surface area contributed by atoms with E-state index in [0.717, 1.165) is 0 Å². The second-order valence-electron chi connectivity index (χ2n) is 8.82. The molecule has 0 spiro atoms. The summed E-state index contributed by atoms with van der Waals surface area (Å²) >= 11 is 0. The second-order valence-corrected chi connectivity index (χ2v) is 8.82. The molecule has 0 aliphatic carbocycles. The molecule has 1 fully saturated rings. The van der Waals surface area contributed by atoms with E-state index < -0.39 is 0 Å². The first-order chi connectivity index (χ1) is 16.5. The van der Waals surface area contributed by atoms with E-state index in [1.54, 1.807) is 0 Å². The van der Waals surface area contributed by atoms with E-state index in [0.29, 0.717) is 42.2 Å². The van der Waals surface area contributed by atoms with Crippen molar-refractivity contribution >= 4 is 34.6 Å². The summed E-state index contributed by atoms with van der Waals surface area (Å²) in [6.07, 6.45) is 0. The highest BCUT2D eigenvalue weighted by molar-refractivity contribution is 5.95. The van der Waals surface area contributed by atoms with Crippen LogP contribution in [0.15, 0.2) is 24.3 Å². The zero-order valence-electron chi connectivity index (χ0n) is 20.1. The number of carbonyl (C=O) groups is 2. The van der Waals surface area contributed by atoms with Crippen molar-refractivity contribution in [2.75, 3.05) is 82.6 Å². The summed E-state index contributed by atoms with van der Waals surface area (Å²) in [6.45, 7) is 2.85. The molecule has 35 heavy (non-hydrogen) atoms. The van der Waals surface area contributed by atoms with Gasteiger partial charge in [0.05, 0.1) is 63.7 Å². The first-order valence-electron chi connectivity index (χ1n) is 11.0. The Balaban J connectivity index is 1.51. The molecule has 1 aliphatic heterocycles. The minimum Gasteiger partial charge on any atom is -0.506 e. The number of anilines is 4. The number of nitrogens with one attached hydrogen (secondary N) is 2. The molecule has 2 aromatic rings. The van der Waals surface area contributed by atoms with E-state index in [2.05, 4.69) is 10.6 Å². The Bertz CT molecular complexity index is 1100. The lowest BCUT2D eigenvalue weighted by molar-refractivity contribution is -0.905. The second kappa shape index (κ2) is 10.6. The number of piperazine rings is 1. The molecule has 8 N–H and O–H groups in total. The molecule has 0 bridgehead atoms. The maximum atomic E-state index is 12.7. The molecule has 1 aliphatic rings. The van der Waals surface area contributed by atoms with E-state index in [-0.39, 0.29) is 59.2 Å². The van der Waals surface area contributed by atoms with Gasteiger partial charge in [-0.15, -0.1) is 0 Å². The molecule has 0 saturated carbocycles. The number of phenolic OH excluding ortho intramolecular Hbond substituents is 2. The molecule has 0 radical (unpaired) electrons. The molecule has 190 valence electrons. The third-order valence-corrected chi connectivity index (χ3v) is 6.05. The van der Waals surface area contributed by atoms with E-state index in [1.807, 2.05) is 11.9 Å². The smallest absolute Gasteiger partial charge is 0.279 e. The highest BCUT2D eigenvalue weighted by Gasteiger charge is 2.32. The number of quaternary nitrogens is 1. The number of nitrogens with two attached hydrogens (primary N) is 2. The fraction of sp³-hybridized carbons (Fsp3) is 0.391. The number of carbonyl (C=O) groups excluding carboxylic acids is 2. The Morgan fingerprint density at radius 1 is 0.914 bits per heavy atom. The Morgan fingerprint density at radius 2 is 1.37 bits per heavy atom. The minimum absolute atomic E-state index is 0.136. The number of phenols is 2. The van der Waals surface area contributed by atoms with Gasteiger partial charge in [0.15, 0.2) is 6.54 Å². The topological polar surface area (TPSA) is 172 Å². The molecule has 12 nitrogen and oxygen atoms in total. The molecule has 0 unspecified atom stereocenters. The number of ether oxygens (including phenoxy) is 2. The molecule has 12 heteroatoms. The quantitative estimate of drug-likeness (QED) is 0.177. The number of amides is 2. The van der Waals surface area contributed by atoms with Crippen molar-refractivity contribution in [1.82, 2.24) is 4.90 Å². The largest absolute Gasteiger partial charge is 0.506 e. The number of nitrogen functional groups attached to an aromatic ring is 2. The molecule has 3 rings (SSSR count). The fourth-order valence-corrected chi connectivity index (χ4v) is 3.96. The minimum atomic E-state index is -0.284. The van der Waals surface area contributed by atoms with Crippen LogP contribution in [0.5, 0.6) is 23.0 Å². The van der Waals surface area contributed by atoms with Gasteiger partial charge in [0, 0.05) is 37.4 Å². The number of benzene rings is 2. The van der Waals surface area contributed by atoms with Crippen LogP contribution in [0.4, 0.5) is 22.7 Å². The first-order valence-corrected chi connectivity index (χ1v) is 11.0. The first kappa shape index (κ1) is 25.7. The van der Waals surface area contributed by atoms with Crippen LogP contribution in [-0.2, 0) is 9.59 Å². The SMILES string of the molecule is COc1cc(NC(=O)CN2CC[N+](C)(CC(=O)Nc3cc(OC)c(N)cc3O)CC2)c(O)cc1N. The lowest BCUT2D eigenvalue weighted by atomic mass is 10.2. The summed E-state index contributed by atoms with van der Waals surface area (Å²) in [4.78, 5) is 27.2. The summed E-state index contributed by atoms with van der Waals surface area (Å²) in [7, 11) is 4.88. The predicted molar refractivity (Wildman–Crippen MR) is 133 cm³/mol. The highest BCUT2D eigenvalue weighted by Crippen LogP contribution is 2.34. The molecule has 0 aromatic heterocycles. The number of nitrogens with zero attached hydrogens (tertiary/aromatic N) is 2. The number of hydrogen-bond donors (Lipinski definition) is 6.